The molecule has 0 radical (unpaired) electrons. The summed E-state index contributed by atoms with van der Waals surface area (Å²) in [6.07, 6.45) is 4.77. The number of nitrogens with zero attached hydrogens (tertiary/aromatic N) is 2. The minimum atomic E-state index is -3.61. The minimum absolute atomic E-state index is 0.0372. The van der Waals surface area contributed by atoms with Gasteiger partial charge in [0.2, 0.25) is 15.0 Å². The molecule has 0 aromatic heterocycles. The van der Waals surface area contributed by atoms with E-state index in [0.29, 0.717) is 6.54 Å². The first-order valence-corrected chi connectivity index (χ1v) is 9.27. The molecule has 0 aliphatic carbocycles. The lowest BCUT2D eigenvalue weighted by atomic mass is 10.1. The van der Waals surface area contributed by atoms with Crippen molar-refractivity contribution in [1.29, 1.82) is 0 Å². The second kappa shape index (κ2) is 6.41. The molecule has 110 valence electrons. The SMILES string of the molecule is O=C1CC(S(=O)(=O)Cl)CN1CCCN1CCCCC1. The van der Waals surface area contributed by atoms with Crippen LogP contribution in [0.15, 0.2) is 0 Å². The van der Waals surface area contributed by atoms with Gasteiger partial charge in [0.25, 0.3) is 0 Å². The summed E-state index contributed by atoms with van der Waals surface area (Å²) in [6, 6.07) is 0. The number of likely N-dealkylation sites (tertiary alicyclic amines) is 2. The van der Waals surface area contributed by atoms with Crippen molar-refractivity contribution >= 4 is 25.6 Å². The number of hydrogen-bond donors (Lipinski definition) is 0. The van der Waals surface area contributed by atoms with Crippen molar-refractivity contribution < 1.29 is 13.2 Å². The van der Waals surface area contributed by atoms with Crippen LogP contribution in [0.4, 0.5) is 0 Å². The van der Waals surface area contributed by atoms with Crippen molar-refractivity contribution in [3.05, 3.63) is 0 Å². The summed E-state index contributed by atoms with van der Waals surface area (Å²) in [5.41, 5.74) is 0. The summed E-state index contributed by atoms with van der Waals surface area (Å²) in [4.78, 5) is 15.8. The van der Waals surface area contributed by atoms with Crippen molar-refractivity contribution in [3.8, 4) is 0 Å². The number of carbonyl (C=O) groups is 1. The summed E-state index contributed by atoms with van der Waals surface area (Å²) in [5, 5.41) is -0.725. The Balaban J connectivity index is 1.73. The molecule has 0 aromatic rings. The van der Waals surface area contributed by atoms with E-state index in [0.717, 1.165) is 26.1 Å². The lowest BCUT2D eigenvalue weighted by molar-refractivity contribution is -0.127. The molecule has 19 heavy (non-hydrogen) atoms. The Morgan fingerprint density at radius 1 is 1.16 bits per heavy atom. The van der Waals surface area contributed by atoms with Gasteiger partial charge in [-0.1, -0.05) is 6.42 Å². The van der Waals surface area contributed by atoms with Crippen LogP contribution in [0.5, 0.6) is 0 Å². The highest BCUT2D eigenvalue weighted by molar-refractivity contribution is 8.14. The lowest BCUT2D eigenvalue weighted by Crippen LogP contribution is -2.34. The Hall–Kier alpha value is -0.330. The van der Waals surface area contributed by atoms with Crippen LogP contribution in [-0.4, -0.2) is 62.1 Å². The first-order chi connectivity index (χ1) is 8.97. The second-order valence-electron chi connectivity index (χ2n) is 5.40. The van der Waals surface area contributed by atoms with Crippen LogP contribution in [-0.2, 0) is 13.8 Å². The zero-order valence-corrected chi connectivity index (χ0v) is 12.6. The molecular formula is C12H21ClN2O3S. The monoisotopic (exact) mass is 308 g/mol. The maximum atomic E-state index is 11.7. The van der Waals surface area contributed by atoms with Crippen LogP contribution in [0.1, 0.15) is 32.1 Å². The van der Waals surface area contributed by atoms with Gasteiger partial charge in [0.05, 0.1) is 0 Å². The number of hydrogen-bond acceptors (Lipinski definition) is 4. The second-order valence-corrected chi connectivity index (χ2v) is 8.31. The molecule has 2 saturated heterocycles. The van der Waals surface area contributed by atoms with Gasteiger partial charge in [-0.3, -0.25) is 4.79 Å². The first kappa shape index (κ1) is 15.1. The Morgan fingerprint density at radius 3 is 2.42 bits per heavy atom. The Kier molecular flexibility index (Phi) is 5.09. The molecule has 0 spiro atoms. The third-order valence-corrected chi connectivity index (χ3v) is 5.80. The van der Waals surface area contributed by atoms with Gasteiger partial charge >= 0.3 is 0 Å². The Bertz CT molecular complexity index is 421. The molecule has 0 bridgehead atoms. The highest BCUT2D eigenvalue weighted by atomic mass is 35.7. The Morgan fingerprint density at radius 2 is 1.84 bits per heavy atom. The van der Waals surface area contributed by atoms with Crippen LogP contribution < -0.4 is 0 Å². The fraction of sp³-hybridized carbons (Fsp3) is 0.917. The molecule has 0 aromatic carbocycles. The van der Waals surface area contributed by atoms with E-state index in [2.05, 4.69) is 4.90 Å². The third-order valence-electron chi connectivity index (χ3n) is 3.93. The first-order valence-electron chi connectivity index (χ1n) is 6.90. The van der Waals surface area contributed by atoms with Gasteiger partial charge in [0, 0.05) is 30.2 Å². The predicted molar refractivity (Wildman–Crippen MR) is 74.7 cm³/mol. The average molecular weight is 309 g/mol. The minimum Gasteiger partial charge on any atom is -0.341 e. The van der Waals surface area contributed by atoms with Gasteiger partial charge < -0.3 is 9.80 Å². The highest BCUT2D eigenvalue weighted by Crippen LogP contribution is 2.21. The zero-order chi connectivity index (χ0) is 13.9. The van der Waals surface area contributed by atoms with Crippen LogP contribution in [0.2, 0.25) is 0 Å². The molecule has 0 N–H and O–H groups in total. The smallest absolute Gasteiger partial charge is 0.237 e. The fourth-order valence-electron chi connectivity index (χ4n) is 2.81. The summed E-state index contributed by atoms with van der Waals surface area (Å²) >= 11 is 0. The molecule has 1 amide bonds. The molecule has 1 atom stereocenters. The van der Waals surface area contributed by atoms with Crippen molar-refractivity contribution in [3.63, 3.8) is 0 Å². The van der Waals surface area contributed by atoms with E-state index in [-0.39, 0.29) is 18.9 Å². The maximum Gasteiger partial charge on any atom is 0.237 e. The van der Waals surface area contributed by atoms with Crippen molar-refractivity contribution in [2.75, 3.05) is 32.7 Å². The number of piperidine rings is 1. The standard InChI is InChI=1S/C12H21ClN2O3S/c13-19(17,18)11-9-12(16)15(10-11)8-4-7-14-5-2-1-3-6-14/h11H,1-10H2. The molecule has 0 saturated carbocycles. The zero-order valence-electron chi connectivity index (χ0n) is 11.1. The van der Waals surface area contributed by atoms with Gasteiger partial charge in [-0.2, -0.15) is 0 Å². The predicted octanol–water partition coefficient (Wildman–Crippen LogP) is 1.03. The Labute approximate surface area is 119 Å². The summed E-state index contributed by atoms with van der Waals surface area (Å²) in [7, 11) is 1.70. The summed E-state index contributed by atoms with van der Waals surface area (Å²) in [6.45, 7) is 4.17. The molecule has 2 heterocycles. The maximum absolute atomic E-state index is 11.7. The number of carbonyl (C=O) groups excluding carboxylic acids is 1. The molecule has 2 fully saturated rings. The van der Waals surface area contributed by atoms with E-state index in [1.54, 1.807) is 4.90 Å². The fourth-order valence-corrected chi connectivity index (χ4v) is 3.87. The largest absolute Gasteiger partial charge is 0.341 e. The normalized spacial score (nSPS) is 26.1. The number of amides is 1. The van der Waals surface area contributed by atoms with Crippen LogP contribution in [0.3, 0.4) is 0 Å². The quantitative estimate of drug-likeness (QED) is 0.712. The van der Waals surface area contributed by atoms with E-state index >= 15 is 0 Å². The van der Waals surface area contributed by atoms with Gasteiger partial charge in [-0.25, -0.2) is 8.42 Å². The van der Waals surface area contributed by atoms with Gasteiger partial charge in [-0.05, 0) is 38.9 Å². The number of rotatable bonds is 5. The van der Waals surface area contributed by atoms with E-state index in [1.807, 2.05) is 0 Å². The summed E-state index contributed by atoms with van der Waals surface area (Å²) in [5.74, 6) is -0.0899. The molecule has 2 rings (SSSR count). The molecule has 5 nitrogen and oxygen atoms in total. The molecule has 2 aliphatic heterocycles. The van der Waals surface area contributed by atoms with Gasteiger partial charge in [-0.15, -0.1) is 0 Å². The van der Waals surface area contributed by atoms with Gasteiger partial charge in [0.15, 0.2) is 0 Å². The topological polar surface area (TPSA) is 57.7 Å². The van der Waals surface area contributed by atoms with Crippen molar-refractivity contribution in [2.45, 2.75) is 37.4 Å². The van der Waals surface area contributed by atoms with Crippen molar-refractivity contribution in [2.24, 2.45) is 0 Å². The highest BCUT2D eigenvalue weighted by Gasteiger charge is 2.36. The average Bonchev–Trinajstić information content (AvgIpc) is 2.72. The number of halogens is 1. The van der Waals surface area contributed by atoms with E-state index in [4.69, 9.17) is 10.7 Å². The van der Waals surface area contributed by atoms with Crippen molar-refractivity contribution in [1.82, 2.24) is 9.80 Å². The lowest BCUT2D eigenvalue weighted by Gasteiger charge is -2.27. The van der Waals surface area contributed by atoms with Gasteiger partial charge in [0.1, 0.15) is 5.25 Å². The van der Waals surface area contributed by atoms with E-state index in [9.17, 15) is 13.2 Å². The third kappa shape index (κ3) is 4.33. The van der Waals surface area contributed by atoms with Crippen LogP contribution >= 0.6 is 10.7 Å². The molecule has 7 heteroatoms. The molecule has 1 unspecified atom stereocenters. The van der Waals surface area contributed by atoms with Crippen LogP contribution in [0, 0.1) is 0 Å². The van der Waals surface area contributed by atoms with E-state index < -0.39 is 14.3 Å². The molecular weight excluding hydrogens is 288 g/mol. The molecule has 2 aliphatic rings. The van der Waals surface area contributed by atoms with Crippen LogP contribution in [0.25, 0.3) is 0 Å². The van der Waals surface area contributed by atoms with E-state index in [1.165, 1.54) is 19.3 Å². The summed E-state index contributed by atoms with van der Waals surface area (Å²) < 4.78 is 22.4.